The number of aliphatic carboxylic acids is 1. The number of hydrogen-bond donors (Lipinski definition) is 2. The first-order valence-corrected chi connectivity index (χ1v) is 4.75. The Morgan fingerprint density at radius 1 is 1.54 bits per heavy atom. The molecule has 0 spiro atoms. The molecule has 0 amide bonds. The standard InChI is InChI=1S/C10H19NO2/c1-3-4-5-6-7-8-11-9(2)10(12)13/h3,9,11H,1,4-8H2,2H3,(H,12,13). The lowest BCUT2D eigenvalue weighted by atomic mass is 10.2. The van der Waals surface area contributed by atoms with Crippen LogP contribution in [0.3, 0.4) is 0 Å². The highest BCUT2D eigenvalue weighted by Crippen LogP contribution is 1.98. The Bertz CT molecular complexity index is 157. The molecule has 76 valence electrons. The second-order valence-corrected chi connectivity index (χ2v) is 3.15. The zero-order valence-corrected chi connectivity index (χ0v) is 8.25. The summed E-state index contributed by atoms with van der Waals surface area (Å²) in [4.78, 5) is 10.4. The van der Waals surface area contributed by atoms with Crippen molar-refractivity contribution in [1.82, 2.24) is 5.32 Å². The van der Waals surface area contributed by atoms with Gasteiger partial charge in [0, 0.05) is 0 Å². The van der Waals surface area contributed by atoms with E-state index in [1.165, 1.54) is 0 Å². The highest BCUT2D eigenvalue weighted by atomic mass is 16.4. The molecule has 0 radical (unpaired) electrons. The van der Waals surface area contributed by atoms with E-state index < -0.39 is 12.0 Å². The van der Waals surface area contributed by atoms with Crippen LogP contribution >= 0.6 is 0 Å². The van der Waals surface area contributed by atoms with E-state index in [2.05, 4.69) is 11.9 Å². The lowest BCUT2D eigenvalue weighted by Crippen LogP contribution is -2.34. The van der Waals surface area contributed by atoms with Crippen molar-refractivity contribution in [2.45, 2.75) is 38.6 Å². The van der Waals surface area contributed by atoms with Gasteiger partial charge in [-0.15, -0.1) is 6.58 Å². The molecular formula is C10H19NO2. The van der Waals surface area contributed by atoms with Gasteiger partial charge in [-0.05, 0) is 32.7 Å². The van der Waals surface area contributed by atoms with E-state index in [4.69, 9.17) is 5.11 Å². The molecule has 0 rings (SSSR count). The van der Waals surface area contributed by atoms with Crippen LogP contribution in [0.4, 0.5) is 0 Å². The lowest BCUT2D eigenvalue weighted by molar-refractivity contribution is -0.138. The zero-order chi connectivity index (χ0) is 10.1. The molecule has 1 unspecified atom stereocenters. The van der Waals surface area contributed by atoms with Crippen molar-refractivity contribution in [2.24, 2.45) is 0 Å². The van der Waals surface area contributed by atoms with Crippen LogP contribution in [-0.4, -0.2) is 23.7 Å². The zero-order valence-electron chi connectivity index (χ0n) is 8.25. The summed E-state index contributed by atoms with van der Waals surface area (Å²) in [7, 11) is 0. The molecule has 3 nitrogen and oxygen atoms in total. The molecule has 0 bridgehead atoms. The van der Waals surface area contributed by atoms with E-state index >= 15 is 0 Å². The lowest BCUT2D eigenvalue weighted by Gasteiger charge is -2.07. The van der Waals surface area contributed by atoms with Crippen LogP contribution < -0.4 is 5.32 Å². The number of unbranched alkanes of at least 4 members (excludes halogenated alkanes) is 3. The molecule has 0 aliphatic rings. The minimum atomic E-state index is -0.786. The van der Waals surface area contributed by atoms with E-state index in [1.807, 2.05) is 6.08 Å². The van der Waals surface area contributed by atoms with Crippen LogP contribution in [0.5, 0.6) is 0 Å². The monoisotopic (exact) mass is 185 g/mol. The summed E-state index contributed by atoms with van der Waals surface area (Å²) in [5, 5.41) is 11.5. The van der Waals surface area contributed by atoms with Gasteiger partial charge in [-0.3, -0.25) is 4.79 Å². The van der Waals surface area contributed by atoms with Crippen molar-refractivity contribution in [3.63, 3.8) is 0 Å². The third kappa shape index (κ3) is 7.53. The molecule has 0 aliphatic carbocycles. The number of nitrogens with one attached hydrogen (secondary N) is 1. The summed E-state index contributed by atoms with van der Waals surface area (Å²) in [5.41, 5.74) is 0. The normalized spacial score (nSPS) is 12.4. The van der Waals surface area contributed by atoms with Gasteiger partial charge in [-0.1, -0.05) is 12.5 Å². The SMILES string of the molecule is C=CCCCCCNC(C)C(=O)O. The fourth-order valence-corrected chi connectivity index (χ4v) is 0.996. The maximum absolute atomic E-state index is 10.4. The number of carbonyl (C=O) groups is 1. The van der Waals surface area contributed by atoms with E-state index in [1.54, 1.807) is 6.92 Å². The predicted octanol–water partition coefficient (Wildman–Crippen LogP) is 1.80. The van der Waals surface area contributed by atoms with Crippen molar-refractivity contribution < 1.29 is 9.90 Å². The summed E-state index contributed by atoms with van der Waals surface area (Å²) in [6.45, 7) is 6.08. The minimum Gasteiger partial charge on any atom is -0.480 e. The van der Waals surface area contributed by atoms with E-state index in [0.29, 0.717) is 0 Å². The second kappa shape index (κ2) is 7.80. The average Bonchev–Trinajstić information content (AvgIpc) is 2.10. The molecule has 3 heteroatoms. The quantitative estimate of drug-likeness (QED) is 0.448. The first kappa shape index (κ1) is 12.2. The Morgan fingerprint density at radius 3 is 2.77 bits per heavy atom. The van der Waals surface area contributed by atoms with E-state index in [0.717, 1.165) is 32.2 Å². The molecule has 0 heterocycles. The molecular weight excluding hydrogens is 166 g/mol. The van der Waals surface area contributed by atoms with Crippen LogP contribution in [0.1, 0.15) is 32.6 Å². The molecule has 0 aromatic heterocycles. The number of hydrogen-bond acceptors (Lipinski definition) is 2. The smallest absolute Gasteiger partial charge is 0.320 e. The van der Waals surface area contributed by atoms with Gasteiger partial charge in [-0.25, -0.2) is 0 Å². The Morgan fingerprint density at radius 2 is 2.23 bits per heavy atom. The van der Waals surface area contributed by atoms with Gasteiger partial charge in [0.05, 0.1) is 0 Å². The third-order valence-corrected chi connectivity index (χ3v) is 1.91. The first-order valence-electron chi connectivity index (χ1n) is 4.75. The minimum absolute atomic E-state index is 0.431. The molecule has 13 heavy (non-hydrogen) atoms. The predicted molar refractivity (Wildman–Crippen MR) is 53.8 cm³/mol. The summed E-state index contributed by atoms with van der Waals surface area (Å²) < 4.78 is 0. The maximum atomic E-state index is 10.4. The third-order valence-electron chi connectivity index (χ3n) is 1.91. The molecule has 0 aromatic carbocycles. The average molecular weight is 185 g/mol. The topological polar surface area (TPSA) is 49.3 Å². The molecule has 0 aliphatic heterocycles. The van der Waals surface area contributed by atoms with Crippen molar-refractivity contribution in [3.8, 4) is 0 Å². The summed E-state index contributed by atoms with van der Waals surface area (Å²) in [5.74, 6) is -0.786. The molecule has 0 aromatic rings. The van der Waals surface area contributed by atoms with Gasteiger partial charge in [0.2, 0.25) is 0 Å². The number of allylic oxidation sites excluding steroid dienone is 1. The Hall–Kier alpha value is -0.830. The Labute approximate surface area is 79.8 Å². The van der Waals surface area contributed by atoms with Crippen LogP contribution in [0.2, 0.25) is 0 Å². The number of rotatable bonds is 8. The summed E-state index contributed by atoms with van der Waals surface area (Å²) in [6.07, 6.45) is 6.27. The van der Waals surface area contributed by atoms with Gasteiger partial charge in [-0.2, -0.15) is 0 Å². The van der Waals surface area contributed by atoms with Crippen LogP contribution in [0, 0.1) is 0 Å². The fourth-order valence-electron chi connectivity index (χ4n) is 0.996. The maximum Gasteiger partial charge on any atom is 0.320 e. The van der Waals surface area contributed by atoms with Gasteiger partial charge < -0.3 is 10.4 Å². The molecule has 0 fully saturated rings. The van der Waals surface area contributed by atoms with Gasteiger partial charge in [0.1, 0.15) is 6.04 Å². The fraction of sp³-hybridized carbons (Fsp3) is 0.700. The van der Waals surface area contributed by atoms with Crippen molar-refractivity contribution in [3.05, 3.63) is 12.7 Å². The summed E-state index contributed by atoms with van der Waals surface area (Å²) in [6, 6.07) is -0.431. The molecule has 1 atom stereocenters. The highest BCUT2D eigenvalue weighted by Gasteiger charge is 2.07. The molecule has 2 N–H and O–H groups in total. The molecule has 0 saturated carbocycles. The van der Waals surface area contributed by atoms with Crippen molar-refractivity contribution >= 4 is 5.97 Å². The van der Waals surface area contributed by atoms with Gasteiger partial charge >= 0.3 is 5.97 Å². The van der Waals surface area contributed by atoms with E-state index in [-0.39, 0.29) is 0 Å². The number of carboxylic acids is 1. The van der Waals surface area contributed by atoms with Crippen molar-refractivity contribution in [1.29, 1.82) is 0 Å². The Balaban J connectivity index is 3.15. The van der Waals surface area contributed by atoms with Crippen molar-refractivity contribution in [2.75, 3.05) is 6.54 Å². The van der Waals surface area contributed by atoms with Crippen LogP contribution in [0.25, 0.3) is 0 Å². The van der Waals surface area contributed by atoms with E-state index in [9.17, 15) is 4.79 Å². The summed E-state index contributed by atoms with van der Waals surface area (Å²) >= 11 is 0. The highest BCUT2D eigenvalue weighted by molar-refractivity contribution is 5.72. The molecule has 0 saturated heterocycles. The Kier molecular flexibility index (Phi) is 7.30. The van der Waals surface area contributed by atoms with Gasteiger partial charge in [0.25, 0.3) is 0 Å². The van der Waals surface area contributed by atoms with Crippen LogP contribution in [-0.2, 0) is 4.79 Å². The first-order chi connectivity index (χ1) is 6.18. The number of carboxylic acid groups (broad SMARTS) is 1. The second-order valence-electron chi connectivity index (χ2n) is 3.15. The van der Waals surface area contributed by atoms with Crippen LogP contribution in [0.15, 0.2) is 12.7 Å². The largest absolute Gasteiger partial charge is 0.480 e. The van der Waals surface area contributed by atoms with Gasteiger partial charge in [0.15, 0.2) is 0 Å².